The molecule has 2 aromatic heterocycles. The van der Waals surface area contributed by atoms with Crippen molar-refractivity contribution in [3.05, 3.63) is 72.2 Å². The zero-order valence-electron chi connectivity index (χ0n) is 12.5. The number of hydrogen-bond acceptors (Lipinski definition) is 3. The first-order valence-corrected chi connectivity index (χ1v) is 7.33. The highest BCUT2D eigenvalue weighted by Crippen LogP contribution is 2.23. The number of rotatable bonds is 2. The molecule has 5 nitrogen and oxygen atoms in total. The number of nitrogens with one attached hydrogen (secondary N) is 1. The van der Waals surface area contributed by atoms with Crippen molar-refractivity contribution in [2.24, 2.45) is 0 Å². The summed E-state index contributed by atoms with van der Waals surface area (Å²) in [5, 5.41) is 9.39. The van der Waals surface area contributed by atoms with Gasteiger partial charge >= 0.3 is 0 Å². The molecule has 2 aromatic carbocycles. The first-order chi connectivity index (χ1) is 11.2. The molecule has 2 heterocycles. The summed E-state index contributed by atoms with van der Waals surface area (Å²) in [7, 11) is 0. The van der Waals surface area contributed by atoms with Gasteiger partial charge in [-0.25, -0.2) is 9.50 Å². The van der Waals surface area contributed by atoms with E-state index < -0.39 is 0 Å². The maximum absolute atomic E-state index is 12.7. The van der Waals surface area contributed by atoms with Crippen LogP contribution >= 0.6 is 0 Å². The smallest absolute Gasteiger partial charge is 0.274 e. The number of carbonyl (C=O) groups is 1. The second-order valence-electron chi connectivity index (χ2n) is 5.37. The SMILES string of the molecule is Cc1cc2nccc(C(=O)Nc3cccc4ccccc34)n2n1. The van der Waals surface area contributed by atoms with Gasteiger partial charge in [-0.05, 0) is 24.4 Å². The van der Waals surface area contributed by atoms with Crippen LogP contribution in [0, 0.1) is 6.92 Å². The Morgan fingerprint density at radius 2 is 1.91 bits per heavy atom. The van der Waals surface area contributed by atoms with Gasteiger partial charge in [-0.15, -0.1) is 0 Å². The zero-order chi connectivity index (χ0) is 15.8. The van der Waals surface area contributed by atoms with E-state index in [0.29, 0.717) is 11.3 Å². The van der Waals surface area contributed by atoms with Crippen molar-refractivity contribution in [1.29, 1.82) is 0 Å². The van der Waals surface area contributed by atoms with Crippen LogP contribution in [0.15, 0.2) is 60.8 Å². The van der Waals surface area contributed by atoms with Crippen molar-refractivity contribution >= 4 is 28.0 Å². The molecule has 4 aromatic rings. The number of anilines is 1. The lowest BCUT2D eigenvalue weighted by Crippen LogP contribution is -2.17. The van der Waals surface area contributed by atoms with E-state index in [1.165, 1.54) is 0 Å². The molecule has 0 aliphatic rings. The van der Waals surface area contributed by atoms with Gasteiger partial charge in [0.05, 0.1) is 5.69 Å². The van der Waals surface area contributed by atoms with Crippen molar-refractivity contribution in [3.8, 4) is 0 Å². The van der Waals surface area contributed by atoms with Crippen LogP contribution in [0.1, 0.15) is 16.2 Å². The van der Waals surface area contributed by atoms with Gasteiger partial charge in [0, 0.05) is 23.3 Å². The predicted molar refractivity (Wildman–Crippen MR) is 89.6 cm³/mol. The van der Waals surface area contributed by atoms with E-state index >= 15 is 0 Å². The van der Waals surface area contributed by atoms with Gasteiger partial charge in [-0.1, -0.05) is 36.4 Å². The summed E-state index contributed by atoms with van der Waals surface area (Å²) < 4.78 is 1.57. The number of benzene rings is 2. The molecule has 0 aliphatic carbocycles. The molecule has 23 heavy (non-hydrogen) atoms. The van der Waals surface area contributed by atoms with Crippen molar-refractivity contribution in [1.82, 2.24) is 14.6 Å². The van der Waals surface area contributed by atoms with Crippen molar-refractivity contribution in [3.63, 3.8) is 0 Å². The molecular formula is C18H14N4O. The van der Waals surface area contributed by atoms with Crippen molar-refractivity contribution in [2.45, 2.75) is 6.92 Å². The normalized spacial score (nSPS) is 11.0. The first-order valence-electron chi connectivity index (χ1n) is 7.33. The lowest BCUT2D eigenvalue weighted by atomic mass is 10.1. The highest BCUT2D eigenvalue weighted by Gasteiger charge is 2.13. The predicted octanol–water partition coefficient (Wildman–Crippen LogP) is 3.44. The fourth-order valence-corrected chi connectivity index (χ4v) is 2.70. The van der Waals surface area contributed by atoms with Gasteiger partial charge in [0.2, 0.25) is 0 Å². The molecule has 1 N–H and O–H groups in total. The summed E-state index contributed by atoms with van der Waals surface area (Å²) in [6, 6.07) is 17.3. The Morgan fingerprint density at radius 1 is 1.09 bits per heavy atom. The van der Waals surface area contributed by atoms with E-state index in [2.05, 4.69) is 15.4 Å². The molecule has 0 spiro atoms. The van der Waals surface area contributed by atoms with Gasteiger partial charge < -0.3 is 5.32 Å². The van der Waals surface area contributed by atoms with E-state index in [1.54, 1.807) is 16.8 Å². The number of aryl methyl sites for hydroxylation is 1. The Balaban J connectivity index is 1.77. The zero-order valence-corrected chi connectivity index (χ0v) is 12.5. The monoisotopic (exact) mass is 302 g/mol. The minimum absolute atomic E-state index is 0.211. The minimum atomic E-state index is -0.211. The van der Waals surface area contributed by atoms with Crippen LogP contribution in [0.5, 0.6) is 0 Å². The highest BCUT2D eigenvalue weighted by atomic mass is 16.2. The quantitative estimate of drug-likeness (QED) is 0.617. The maximum Gasteiger partial charge on any atom is 0.274 e. The number of fused-ring (bicyclic) bond motifs is 2. The number of nitrogens with zero attached hydrogens (tertiary/aromatic N) is 3. The van der Waals surface area contributed by atoms with E-state index in [-0.39, 0.29) is 5.91 Å². The van der Waals surface area contributed by atoms with E-state index in [9.17, 15) is 4.79 Å². The number of amides is 1. The van der Waals surface area contributed by atoms with Gasteiger partial charge in [0.25, 0.3) is 5.91 Å². The van der Waals surface area contributed by atoms with Crippen LogP contribution in [0.2, 0.25) is 0 Å². The molecule has 1 amide bonds. The van der Waals surface area contributed by atoms with Gasteiger partial charge in [-0.2, -0.15) is 5.10 Å². The third-order valence-electron chi connectivity index (χ3n) is 3.75. The van der Waals surface area contributed by atoms with E-state index in [4.69, 9.17) is 0 Å². The largest absolute Gasteiger partial charge is 0.320 e. The van der Waals surface area contributed by atoms with Gasteiger partial charge in [-0.3, -0.25) is 4.79 Å². The fourth-order valence-electron chi connectivity index (χ4n) is 2.70. The van der Waals surface area contributed by atoms with Gasteiger partial charge in [0.1, 0.15) is 5.69 Å². The fraction of sp³-hybridized carbons (Fsp3) is 0.0556. The Kier molecular flexibility index (Phi) is 3.05. The Bertz CT molecular complexity index is 1030. The molecule has 0 bridgehead atoms. The molecule has 4 rings (SSSR count). The van der Waals surface area contributed by atoms with Gasteiger partial charge in [0.15, 0.2) is 5.65 Å². The number of carbonyl (C=O) groups excluding carboxylic acids is 1. The Hall–Kier alpha value is -3.21. The Morgan fingerprint density at radius 3 is 2.83 bits per heavy atom. The minimum Gasteiger partial charge on any atom is -0.320 e. The third-order valence-corrected chi connectivity index (χ3v) is 3.75. The molecule has 0 fully saturated rings. The molecule has 0 saturated carbocycles. The Labute approximate surface area is 132 Å². The molecule has 0 saturated heterocycles. The van der Waals surface area contributed by atoms with Crippen LogP contribution in [0.25, 0.3) is 16.4 Å². The van der Waals surface area contributed by atoms with Crippen LogP contribution in [0.4, 0.5) is 5.69 Å². The maximum atomic E-state index is 12.7. The van der Waals surface area contributed by atoms with Crippen molar-refractivity contribution in [2.75, 3.05) is 5.32 Å². The summed E-state index contributed by atoms with van der Waals surface area (Å²) in [4.78, 5) is 16.9. The van der Waals surface area contributed by atoms with Crippen LogP contribution in [-0.2, 0) is 0 Å². The molecule has 0 aliphatic heterocycles. The second-order valence-corrected chi connectivity index (χ2v) is 5.37. The number of hydrogen-bond donors (Lipinski definition) is 1. The third kappa shape index (κ3) is 2.32. The summed E-state index contributed by atoms with van der Waals surface area (Å²) in [5.74, 6) is -0.211. The van der Waals surface area contributed by atoms with E-state index in [1.807, 2.05) is 55.5 Å². The summed E-state index contributed by atoms with van der Waals surface area (Å²) >= 11 is 0. The number of aromatic nitrogens is 3. The first kappa shape index (κ1) is 13.5. The standard InChI is InChI=1S/C18H14N4O/c1-12-11-17-19-10-9-16(22(17)21-12)18(23)20-15-8-4-6-13-5-2-3-7-14(13)15/h2-11H,1H3,(H,20,23). The summed E-state index contributed by atoms with van der Waals surface area (Å²) in [5.41, 5.74) is 2.72. The van der Waals surface area contributed by atoms with Crippen molar-refractivity contribution < 1.29 is 4.79 Å². The molecule has 5 heteroatoms. The molecule has 112 valence electrons. The molecule has 0 radical (unpaired) electrons. The average molecular weight is 302 g/mol. The lowest BCUT2D eigenvalue weighted by Gasteiger charge is -2.09. The molecule has 0 unspecified atom stereocenters. The summed E-state index contributed by atoms with van der Waals surface area (Å²) in [6.07, 6.45) is 1.62. The average Bonchev–Trinajstić information content (AvgIpc) is 2.95. The van der Waals surface area contributed by atoms with E-state index in [0.717, 1.165) is 22.2 Å². The highest BCUT2D eigenvalue weighted by molar-refractivity contribution is 6.08. The van der Waals surface area contributed by atoms with Crippen LogP contribution < -0.4 is 5.32 Å². The second kappa shape index (κ2) is 5.21. The topological polar surface area (TPSA) is 59.3 Å². The van der Waals surface area contributed by atoms with Crippen LogP contribution in [0.3, 0.4) is 0 Å². The van der Waals surface area contributed by atoms with Crippen LogP contribution in [-0.4, -0.2) is 20.5 Å². The summed E-state index contributed by atoms with van der Waals surface area (Å²) in [6.45, 7) is 1.88. The lowest BCUT2D eigenvalue weighted by molar-refractivity contribution is 0.102. The molecular weight excluding hydrogens is 288 g/mol. The molecule has 0 atom stereocenters.